The molecule has 1 aromatic rings. The zero-order chi connectivity index (χ0) is 11.4. The van der Waals surface area contributed by atoms with Crippen molar-refractivity contribution in [1.29, 1.82) is 0 Å². The molecular weight excluding hydrogens is 206 g/mol. The third-order valence-corrected chi connectivity index (χ3v) is 3.20. The van der Waals surface area contributed by atoms with E-state index < -0.39 is 0 Å². The van der Waals surface area contributed by atoms with Crippen LogP contribution in [0.5, 0.6) is 0 Å². The lowest BCUT2D eigenvalue weighted by Gasteiger charge is -2.39. The Morgan fingerprint density at radius 2 is 2.44 bits per heavy atom. The predicted octanol–water partition coefficient (Wildman–Crippen LogP) is 0.173. The van der Waals surface area contributed by atoms with Crippen LogP contribution < -0.4 is 0 Å². The molecule has 1 saturated heterocycles. The van der Waals surface area contributed by atoms with Crippen LogP contribution in [-0.2, 0) is 6.54 Å². The second kappa shape index (κ2) is 5.43. The van der Waals surface area contributed by atoms with E-state index in [0.29, 0.717) is 6.04 Å². The van der Waals surface area contributed by atoms with Crippen molar-refractivity contribution in [3.8, 4) is 0 Å². The molecule has 1 N–H and O–H groups in total. The van der Waals surface area contributed by atoms with Crippen LogP contribution in [0, 0.1) is 0 Å². The highest BCUT2D eigenvalue weighted by Crippen LogP contribution is 2.13. The van der Waals surface area contributed by atoms with Gasteiger partial charge in [0, 0.05) is 44.9 Å². The van der Waals surface area contributed by atoms with Gasteiger partial charge in [0.15, 0.2) is 0 Å². The molecule has 1 aromatic heterocycles. The minimum Gasteiger partial charge on any atom is -0.396 e. The summed E-state index contributed by atoms with van der Waals surface area (Å²) < 4.78 is 4.82. The lowest BCUT2D eigenvalue weighted by Crippen LogP contribution is -2.51. The highest BCUT2D eigenvalue weighted by Gasteiger charge is 2.24. The van der Waals surface area contributed by atoms with E-state index in [1.165, 1.54) is 0 Å². The fourth-order valence-electron chi connectivity index (χ4n) is 2.16. The maximum absolute atomic E-state index is 9.01. The number of hydrogen-bond acceptors (Lipinski definition) is 5. The summed E-state index contributed by atoms with van der Waals surface area (Å²) in [6, 6.07) is 2.35. The summed E-state index contributed by atoms with van der Waals surface area (Å²) in [5, 5.41) is 12.9. The Kier molecular flexibility index (Phi) is 3.93. The minimum absolute atomic E-state index is 0.257. The van der Waals surface area contributed by atoms with Crippen LogP contribution in [0.2, 0.25) is 0 Å². The molecule has 2 heterocycles. The van der Waals surface area contributed by atoms with Gasteiger partial charge in [0.25, 0.3) is 0 Å². The second-order valence-electron chi connectivity index (χ2n) is 4.37. The smallest absolute Gasteiger partial charge is 0.124 e. The molecule has 0 unspecified atom stereocenters. The first-order valence-corrected chi connectivity index (χ1v) is 5.72. The SMILES string of the molecule is CN1CCN(Cc2ccon2)C[C@H]1CCO. The van der Waals surface area contributed by atoms with Gasteiger partial charge in [-0.15, -0.1) is 0 Å². The fraction of sp³-hybridized carbons (Fsp3) is 0.727. The molecule has 0 spiro atoms. The molecule has 2 rings (SSSR count). The molecule has 0 aliphatic carbocycles. The number of aromatic nitrogens is 1. The van der Waals surface area contributed by atoms with E-state index in [1.54, 1.807) is 6.26 Å². The molecule has 0 aromatic carbocycles. The summed E-state index contributed by atoms with van der Waals surface area (Å²) in [6.45, 7) is 4.18. The Balaban J connectivity index is 1.87. The first-order chi connectivity index (χ1) is 7.79. The van der Waals surface area contributed by atoms with Crippen molar-refractivity contribution in [1.82, 2.24) is 15.0 Å². The molecule has 0 radical (unpaired) electrons. The van der Waals surface area contributed by atoms with Crippen LogP contribution in [0.1, 0.15) is 12.1 Å². The van der Waals surface area contributed by atoms with Gasteiger partial charge in [-0.25, -0.2) is 0 Å². The number of piperazine rings is 1. The predicted molar refractivity (Wildman–Crippen MR) is 59.9 cm³/mol. The van der Waals surface area contributed by atoms with E-state index in [1.807, 2.05) is 6.07 Å². The van der Waals surface area contributed by atoms with Gasteiger partial charge >= 0.3 is 0 Å². The van der Waals surface area contributed by atoms with Crippen molar-refractivity contribution in [2.75, 3.05) is 33.3 Å². The van der Waals surface area contributed by atoms with Gasteiger partial charge in [-0.05, 0) is 13.5 Å². The molecular formula is C11H19N3O2. The summed E-state index contributed by atoms with van der Waals surface area (Å²) >= 11 is 0. The average molecular weight is 225 g/mol. The summed E-state index contributed by atoms with van der Waals surface area (Å²) in [7, 11) is 2.12. The topological polar surface area (TPSA) is 52.7 Å². The first-order valence-electron chi connectivity index (χ1n) is 5.72. The van der Waals surface area contributed by atoms with Crippen LogP contribution in [0.4, 0.5) is 0 Å². The van der Waals surface area contributed by atoms with Gasteiger partial charge in [0.05, 0.1) is 5.69 Å². The summed E-state index contributed by atoms with van der Waals surface area (Å²) in [5.74, 6) is 0. The van der Waals surface area contributed by atoms with Crippen molar-refractivity contribution in [3.05, 3.63) is 18.0 Å². The minimum atomic E-state index is 0.257. The monoisotopic (exact) mass is 225 g/mol. The zero-order valence-corrected chi connectivity index (χ0v) is 9.67. The Labute approximate surface area is 95.6 Å². The van der Waals surface area contributed by atoms with E-state index >= 15 is 0 Å². The molecule has 0 amide bonds. The van der Waals surface area contributed by atoms with E-state index in [2.05, 4.69) is 22.0 Å². The van der Waals surface area contributed by atoms with Crippen molar-refractivity contribution in [2.45, 2.75) is 19.0 Å². The Morgan fingerprint density at radius 1 is 1.56 bits per heavy atom. The van der Waals surface area contributed by atoms with Gasteiger partial charge in [-0.1, -0.05) is 5.16 Å². The highest BCUT2D eigenvalue weighted by molar-refractivity contribution is 4.96. The summed E-state index contributed by atoms with van der Waals surface area (Å²) in [5.41, 5.74) is 0.979. The average Bonchev–Trinajstić information content (AvgIpc) is 2.76. The fourth-order valence-corrected chi connectivity index (χ4v) is 2.16. The molecule has 1 fully saturated rings. The third kappa shape index (κ3) is 2.81. The van der Waals surface area contributed by atoms with Crippen molar-refractivity contribution >= 4 is 0 Å². The van der Waals surface area contributed by atoms with E-state index in [-0.39, 0.29) is 6.61 Å². The summed E-state index contributed by atoms with van der Waals surface area (Å²) in [4.78, 5) is 4.67. The number of rotatable bonds is 4. The molecule has 0 bridgehead atoms. The molecule has 0 saturated carbocycles. The number of aliphatic hydroxyl groups is 1. The third-order valence-electron chi connectivity index (χ3n) is 3.20. The molecule has 5 nitrogen and oxygen atoms in total. The zero-order valence-electron chi connectivity index (χ0n) is 9.67. The molecule has 1 atom stereocenters. The van der Waals surface area contributed by atoms with Crippen molar-refractivity contribution < 1.29 is 9.63 Å². The van der Waals surface area contributed by atoms with Crippen molar-refractivity contribution in [3.63, 3.8) is 0 Å². The second-order valence-corrected chi connectivity index (χ2v) is 4.37. The maximum atomic E-state index is 9.01. The summed E-state index contributed by atoms with van der Waals surface area (Å²) in [6.07, 6.45) is 2.45. The van der Waals surface area contributed by atoms with Crippen LogP contribution in [0.25, 0.3) is 0 Å². The number of aliphatic hydroxyl groups excluding tert-OH is 1. The van der Waals surface area contributed by atoms with Crippen molar-refractivity contribution in [2.24, 2.45) is 0 Å². The van der Waals surface area contributed by atoms with Crippen LogP contribution in [0.3, 0.4) is 0 Å². The normalized spacial score (nSPS) is 23.8. The highest BCUT2D eigenvalue weighted by atomic mass is 16.5. The lowest BCUT2D eigenvalue weighted by molar-refractivity contribution is 0.0730. The van der Waals surface area contributed by atoms with E-state index in [4.69, 9.17) is 9.63 Å². The molecule has 16 heavy (non-hydrogen) atoms. The Bertz CT molecular complexity index is 302. The van der Waals surface area contributed by atoms with E-state index in [0.717, 1.165) is 38.3 Å². The van der Waals surface area contributed by atoms with Gasteiger partial charge in [-0.2, -0.15) is 0 Å². The molecule has 90 valence electrons. The number of nitrogens with zero attached hydrogens (tertiary/aromatic N) is 3. The number of hydrogen-bond donors (Lipinski definition) is 1. The molecule has 1 aliphatic rings. The largest absolute Gasteiger partial charge is 0.396 e. The van der Waals surface area contributed by atoms with Crippen LogP contribution in [-0.4, -0.2) is 59.4 Å². The standard InChI is InChI=1S/C11H19N3O2/c1-13-4-5-14(9-11(13)2-6-15)8-10-3-7-16-12-10/h3,7,11,15H,2,4-6,8-9H2,1H3/t11-/m1/s1. The molecule has 1 aliphatic heterocycles. The maximum Gasteiger partial charge on any atom is 0.124 e. The van der Waals surface area contributed by atoms with Gasteiger partial charge in [-0.3, -0.25) is 4.90 Å². The quantitative estimate of drug-likeness (QED) is 0.792. The van der Waals surface area contributed by atoms with E-state index in [9.17, 15) is 0 Å². The van der Waals surface area contributed by atoms with Crippen LogP contribution in [0.15, 0.2) is 16.9 Å². The van der Waals surface area contributed by atoms with Gasteiger partial charge in [0.1, 0.15) is 6.26 Å². The van der Waals surface area contributed by atoms with Crippen LogP contribution >= 0.6 is 0 Å². The first kappa shape index (κ1) is 11.6. The molecule has 5 heteroatoms. The Hall–Kier alpha value is -0.910. The Morgan fingerprint density at radius 3 is 3.12 bits per heavy atom. The number of likely N-dealkylation sites (N-methyl/N-ethyl adjacent to an activating group) is 1. The van der Waals surface area contributed by atoms with Gasteiger partial charge < -0.3 is 14.5 Å². The lowest BCUT2D eigenvalue weighted by atomic mass is 10.1. The van der Waals surface area contributed by atoms with Gasteiger partial charge in [0.2, 0.25) is 0 Å².